The summed E-state index contributed by atoms with van der Waals surface area (Å²) < 4.78 is 6.82. The average Bonchev–Trinajstić information content (AvgIpc) is 3.64. The summed E-state index contributed by atoms with van der Waals surface area (Å²) >= 11 is 0. The molecule has 260 valence electrons. The minimum Gasteiger partial charge on any atom is -0.460 e. The van der Waals surface area contributed by atoms with Crippen LogP contribution in [-0.4, -0.2) is 0 Å². The zero-order chi connectivity index (χ0) is 36.3. The highest BCUT2D eigenvalue weighted by Gasteiger charge is 2.34. The lowest BCUT2D eigenvalue weighted by atomic mass is 9.73. The van der Waals surface area contributed by atoms with Crippen LogP contribution in [0, 0.1) is 17.8 Å². The topological polar surface area (TPSA) is 13.1 Å². The third kappa shape index (κ3) is 5.46. The molecule has 0 amide bonds. The first-order chi connectivity index (χ1) is 27.2. The number of fused-ring (bicyclic) bond motifs is 7. The minimum absolute atomic E-state index is 0.171. The van der Waals surface area contributed by atoms with Crippen LogP contribution in [0.5, 0.6) is 0 Å². The summed E-state index contributed by atoms with van der Waals surface area (Å²) in [5.41, 5.74) is 14.5. The maximum Gasteiger partial charge on any atom is 0.135 e. The van der Waals surface area contributed by atoms with E-state index in [1.807, 2.05) is 0 Å². The largest absolute Gasteiger partial charge is 0.460 e. The van der Waals surface area contributed by atoms with E-state index in [-0.39, 0.29) is 11.8 Å². The van der Waals surface area contributed by atoms with E-state index in [1.54, 1.807) is 0 Å². The van der Waals surface area contributed by atoms with Gasteiger partial charge < -0.3 is 4.42 Å². The van der Waals surface area contributed by atoms with E-state index in [2.05, 4.69) is 206 Å². The number of hydrogen-bond acceptors (Lipinski definition) is 1. The maximum atomic E-state index is 6.82. The van der Waals surface area contributed by atoms with Crippen LogP contribution >= 0.6 is 0 Å². The van der Waals surface area contributed by atoms with Crippen molar-refractivity contribution in [3.63, 3.8) is 0 Å². The SMILES string of the molecule is C1=CC2C=CC(c3cc(-c4ccccc4)cc(-c4ccc(-c5ccc6c7c(oc6c5)C5C=CC=CC5C(c5ccccc5)=C7)c5ccccc45)c3)=CC2C=C1. The molecule has 0 radical (unpaired) electrons. The lowest BCUT2D eigenvalue weighted by Crippen LogP contribution is -2.16. The molecule has 4 unspecified atom stereocenters. The van der Waals surface area contributed by atoms with E-state index < -0.39 is 0 Å². The van der Waals surface area contributed by atoms with Gasteiger partial charge in [-0.15, -0.1) is 0 Å². The predicted octanol–water partition coefficient (Wildman–Crippen LogP) is 14.3. The standard InChI is InChI=1S/C54H38O/c1-3-13-35(14-4-1)41-30-42(39-24-23-36-15-7-8-18-38(36)29-39)32-43(31-41)45-28-27-44(46-19-9-10-20-47(45)46)40-25-26-49-52-34-51(37-16-5-2-6-17-37)48-21-11-12-22-50(48)54(52)55-53(49)33-40/h1-34,36,38,48,50H. The van der Waals surface area contributed by atoms with Crippen LogP contribution in [-0.2, 0) is 0 Å². The van der Waals surface area contributed by atoms with Gasteiger partial charge >= 0.3 is 0 Å². The fourth-order valence-corrected chi connectivity index (χ4v) is 9.23. The third-order valence-corrected chi connectivity index (χ3v) is 12.0. The van der Waals surface area contributed by atoms with Crippen molar-refractivity contribution in [1.29, 1.82) is 0 Å². The Kier molecular flexibility index (Phi) is 7.52. The van der Waals surface area contributed by atoms with Gasteiger partial charge in [0.1, 0.15) is 11.3 Å². The van der Waals surface area contributed by atoms with Gasteiger partial charge in [-0.3, -0.25) is 0 Å². The van der Waals surface area contributed by atoms with Crippen molar-refractivity contribution in [1.82, 2.24) is 0 Å². The molecule has 7 aromatic rings. The van der Waals surface area contributed by atoms with Crippen molar-refractivity contribution >= 4 is 39.0 Å². The average molecular weight is 703 g/mol. The van der Waals surface area contributed by atoms with Gasteiger partial charge in [0.05, 0.1) is 0 Å². The number of hydrogen-bond donors (Lipinski definition) is 0. The third-order valence-electron chi connectivity index (χ3n) is 12.0. The lowest BCUT2D eigenvalue weighted by molar-refractivity contribution is 0.496. The summed E-state index contributed by atoms with van der Waals surface area (Å²) in [6.45, 7) is 0. The van der Waals surface area contributed by atoms with E-state index in [0.717, 1.165) is 22.3 Å². The molecular formula is C54H38O. The van der Waals surface area contributed by atoms with E-state index >= 15 is 0 Å². The molecule has 11 rings (SSSR count). The Balaban J connectivity index is 1.03. The molecule has 0 saturated carbocycles. The normalized spacial score (nSPS) is 20.6. The van der Waals surface area contributed by atoms with Crippen LogP contribution in [0.15, 0.2) is 205 Å². The predicted molar refractivity (Wildman–Crippen MR) is 231 cm³/mol. The van der Waals surface area contributed by atoms with Gasteiger partial charge in [0.2, 0.25) is 0 Å². The second-order valence-corrected chi connectivity index (χ2v) is 15.2. The Labute approximate surface area is 322 Å². The zero-order valence-corrected chi connectivity index (χ0v) is 30.3. The molecule has 0 aliphatic heterocycles. The minimum atomic E-state index is 0.171. The quantitative estimate of drug-likeness (QED) is 0.174. The monoisotopic (exact) mass is 702 g/mol. The van der Waals surface area contributed by atoms with Crippen LogP contribution < -0.4 is 0 Å². The van der Waals surface area contributed by atoms with Gasteiger partial charge in [0, 0.05) is 34.6 Å². The Morgan fingerprint density at radius 1 is 0.418 bits per heavy atom. The molecule has 1 aromatic heterocycles. The lowest BCUT2D eigenvalue weighted by Gasteiger charge is -2.29. The summed E-state index contributed by atoms with van der Waals surface area (Å²) in [5.74, 6) is 2.28. The zero-order valence-electron chi connectivity index (χ0n) is 30.3. The van der Waals surface area contributed by atoms with Gasteiger partial charge in [-0.2, -0.15) is 0 Å². The van der Waals surface area contributed by atoms with Crippen LogP contribution in [0.3, 0.4) is 0 Å². The van der Waals surface area contributed by atoms with Gasteiger partial charge in [-0.1, -0.05) is 170 Å². The first kappa shape index (κ1) is 31.8. The van der Waals surface area contributed by atoms with Crippen LogP contribution in [0.1, 0.15) is 28.4 Å². The summed E-state index contributed by atoms with van der Waals surface area (Å²) in [4.78, 5) is 0. The molecule has 0 fully saturated rings. The van der Waals surface area contributed by atoms with E-state index in [0.29, 0.717) is 11.8 Å². The number of rotatable bonds is 5. The summed E-state index contributed by atoms with van der Waals surface area (Å²) in [5, 5.41) is 3.63. The van der Waals surface area contributed by atoms with E-state index in [4.69, 9.17) is 4.42 Å². The Morgan fingerprint density at radius 2 is 1.05 bits per heavy atom. The molecule has 0 saturated heterocycles. The Bertz CT molecular complexity index is 2870. The van der Waals surface area contributed by atoms with Crippen molar-refractivity contribution in [3.05, 3.63) is 223 Å². The van der Waals surface area contributed by atoms with Gasteiger partial charge in [-0.05, 0) is 103 Å². The molecule has 4 aliphatic rings. The van der Waals surface area contributed by atoms with Crippen molar-refractivity contribution in [2.75, 3.05) is 0 Å². The van der Waals surface area contributed by atoms with Crippen molar-refractivity contribution in [2.24, 2.45) is 17.8 Å². The molecular weight excluding hydrogens is 665 g/mol. The molecule has 4 atom stereocenters. The second kappa shape index (κ2) is 13.0. The summed E-state index contributed by atoms with van der Waals surface area (Å²) in [6.07, 6.45) is 27.4. The molecule has 1 heteroatoms. The summed E-state index contributed by atoms with van der Waals surface area (Å²) in [7, 11) is 0. The number of allylic oxidation sites excluding steroid dienone is 13. The fourth-order valence-electron chi connectivity index (χ4n) is 9.23. The van der Waals surface area contributed by atoms with Crippen LogP contribution in [0.4, 0.5) is 0 Å². The van der Waals surface area contributed by atoms with Crippen LogP contribution in [0.2, 0.25) is 0 Å². The molecule has 0 spiro atoms. The molecule has 1 heterocycles. The first-order valence-electron chi connectivity index (χ1n) is 19.4. The van der Waals surface area contributed by atoms with Crippen molar-refractivity contribution < 1.29 is 4.42 Å². The molecule has 55 heavy (non-hydrogen) atoms. The van der Waals surface area contributed by atoms with Crippen LogP contribution in [0.25, 0.3) is 72.3 Å². The molecule has 6 aromatic carbocycles. The molecule has 1 nitrogen and oxygen atoms in total. The smallest absolute Gasteiger partial charge is 0.135 e. The van der Waals surface area contributed by atoms with Gasteiger partial charge in [-0.25, -0.2) is 0 Å². The first-order valence-corrected chi connectivity index (χ1v) is 19.4. The highest BCUT2D eigenvalue weighted by atomic mass is 16.3. The highest BCUT2D eigenvalue weighted by Crippen LogP contribution is 2.49. The highest BCUT2D eigenvalue weighted by molar-refractivity contribution is 6.07. The molecule has 0 N–H and O–H groups in total. The summed E-state index contributed by atoms with van der Waals surface area (Å²) in [6, 6.07) is 48.9. The molecule has 0 bridgehead atoms. The van der Waals surface area contributed by atoms with E-state index in [1.165, 1.54) is 66.4 Å². The number of benzene rings is 6. The fraction of sp³-hybridized carbons (Fsp3) is 0.0741. The Morgan fingerprint density at radius 3 is 1.84 bits per heavy atom. The van der Waals surface area contributed by atoms with E-state index in [9.17, 15) is 0 Å². The Hall–Kier alpha value is -6.70. The second-order valence-electron chi connectivity index (χ2n) is 15.2. The van der Waals surface area contributed by atoms with Crippen molar-refractivity contribution in [3.8, 4) is 33.4 Å². The molecule has 4 aliphatic carbocycles. The van der Waals surface area contributed by atoms with Crippen molar-refractivity contribution in [2.45, 2.75) is 5.92 Å². The number of furan rings is 1. The maximum absolute atomic E-state index is 6.82. The van der Waals surface area contributed by atoms with Gasteiger partial charge in [0.15, 0.2) is 0 Å². The van der Waals surface area contributed by atoms with Gasteiger partial charge in [0.25, 0.3) is 0 Å².